The summed E-state index contributed by atoms with van der Waals surface area (Å²) >= 11 is 6.17. The summed E-state index contributed by atoms with van der Waals surface area (Å²) in [7, 11) is 0. The molecule has 0 radical (unpaired) electrons. The molecular weight excluding hydrogens is 261 g/mol. The predicted molar refractivity (Wildman–Crippen MR) is 78.9 cm³/mol. The number of halogens is 2. The van der Waals surface area contributed by atoms with Gasteiger partial charge < -0.3 is 5.73 Å². The van der Waals surface area contributed by atoms with Gasteiger partial charge in [0.25, 0.3) is 0 Å². The molecule has 0 saturated heterocycles. The van der Waals surface area contributed by atoms with Crippen LogP contribution >= 0.6 is 11.6 Å². The van der Waals surface area contributed by atoms with Crippen molar-refractivity contribution in [3.05, 3.63) is 34.1 Å². The summed E-state index contributed by atoms with van der Waals surface area (Å²) in [5.74, 6) is 0.223. The molecule has 1 nitrogen and oxygen atoms in total. The van der Waals surface area contributed by atoms with Gasteiger partial charge in [-0.2, -0.15) is 0 Å². The van der Waals surface area contributed by atoms with E-state index in [4.69, 9.17) is 17.3 Å². The van der Waals surface area contributed by atoms with Gasteiger partial charge in [-0.1, -0.05) is 49.8 Å². The highest BCUT2D eigenvalue weighted by molar-refractivity contribution is 6.31. The van der Waals surface area contributed by atoms with Crippen molar-refractivity contribution in [1.82, 2.24) is 0 Å². The molecule has 0 amide bonds. The van der Waals surface area contributed by atoms with E-state index in [1.54, 1.807) is 6.92 Å². The van der Waals surface area contributed by atoms with E-state index in [0.717, 1.165) is 18.4 Å². The highest BCUT2D eigenvalue weighted by Crippen LogP contribution is 2.35. The summed E-state index contributed by atoms with van der Waals surface area (Å²) in [4.78, 5) is 0. The molecule has 1 atom stereocenters. The summed E-state index contributed by atoms with van der Waals surface area (Å²) in [5.41, 5.74) is 7.94. The third kappa shape index (κ3) is 3.70. The molecule has 106 valence electrons. The molecule has 0 spiro atoms. The molecule has 2 rings (SSSR count). The number of rotatable bonds is 2. The number of hydrogen-bond acceptors (Lipinski definition) is 1. The minimum atomic E-state index is -0.251. The van der Waals surface area contributed by atoms with Crippen LogP contribution in [0.2, 0.25) is 5.02 Å². The third-order valence-corrected chi connectivity index (χ3v) is 4.62. The Bertz CT molecular complexity index is 425. The van der Waals surface area contributed by atoms with Gasteiger partial charge in [0.05, 0.1) is 0 Å². The number of aryl methyl sites for hydroxylation is 1. The first-order valence-corrected chi connectivity index (χ1v) is 7.68. The van der Waals surface area contributed by atoms with Crippen LogP contribution in [0.1, 0.15) is 62.1 Å². The van der Waals surface area contributed by atoms with E-state index in [1.807, 2.05) is 6.07 Å². The maximum Gasteiger partial charge on any atom is 0.127 e. The van der Waals surface area contributed by atoms with E-state index in [1.165, 1.54) is 38.2 Å². The van der Waals surface area contributed by atoms with Crippen molar-refractivity contribution in [2.24, 2.45) is 11.7 Å². The van der Waals surface area contributed by atoms with Crippen LogP contribution in [-0.2, 0) is 0 Å². The van der Waals surface area contributed by atoms with Gasteiger partial charge in [0, 0.05) is 11.1 Å². The quantitative estimate of drug-likeness (QED) is 0.798. The first-order chi connectivity index (χ1) is 9.09. The maximum atomic E-state index is 13.5. The topological polar surface area (TPSA) is 26.0 Å². The normalized spacial score (nSPS) is 19.8. The van der Waals surface area contributed by atoms with Gasteiger partial charge in [-0.3, -0.25) is 0 Å². The van der Waals surface area contributed by atoms with Crippen LogP contribution < -0.4 is 5.73 Å². The number of hydrogen-bond donors (Lipinski definition) is 1. The van der Waals surface area contributed by atoms with E-state index in [9.17, 15) is 4.39 Å². The van der Waals surface area contributed by atoms with E-state index >= 15 is 0 Å². The van der Waals surface area contributed by atoms with Crippen LogP contribution in [-0.4, -0.2) is 0 Å². The highest BCUT2D eigenvalue weighted by Gasteiger charge is 2.22. The fourth-order valence-electron chi connectivity index (χ4n) is 3.04. The second kappa shape index (κ2) is 6.71. The fraction of sp³-hybridized carbons (Fsp3) is 0.625. The van der Waals surface area contributed by atoms with Crippen LogP contribution in [0.15, 0.2) is 12.1 Å². The van der Waals surface area contributed by atoms with Crippen molar-refractivity contribution in [2.75, 3.05) is 0 Å². The van der Waals surface area contributed by atoms with E-state index in [0.29, 0.717) is 16.5 Å². The second-order valence-corrected chi connectivity index (χ2v) is 6.16. The van der Waals surface area contributed by atoms with Crippen molar-refractivity contribution in [1.29, 1.82) is 0 Å². The highest BCUT2D eigenvalue weighted by atomic mass is 35.5. The molecular formula is C16H23ClFN. The molecule has 1 fully saturated rings. The average Bonchev–Trinajstić information content (AvgIpc) is 2.32. The first-order valence-electron chi connectivity index (χ1n) is 7.30. The predicted octanol–water partition coefficient (Wildman–Crippen LogP) is 5.15. The standard InChI is InChI=1S/C16H23ClFN/c1-11-9-13(14(17)10-15(11)18)16(19)12-7-5-3-2-4-6-8-12/h9-10,12,16H,2-8,19H2,1H3. The number of benzene rings is 1. The minimum absolute atomic E-state index is 0.0649. The Morgan fingerprint density at radius 1 is 1.16 bits per heavy atom. The molecule has 2 N–H and O–H groups in total. The Balaban J connectivity index is 2.17. The SMILES string of the molecule is Cc1cc(C(N)C2CCCCCCC2)c(Cl)cc1F. The van der Waals surface area contributed by atoms with Gasteiger partial charge >= 0.3 is 0 Å². The summed E-state index contributed by atoms with van der Waals surface area (Å²) in [5, 5.41) is 0.470. The zero-order chi connectivity index (χ0) is 13.8. The largest absolute Gasteiger partial charge is 0.324 e. The van der Waals surface area contributed by atoms with Crippen LogP contribution in [0.25, 0.3) is 0 Å². The van der Waals surface area contributed by atoms with Crippen molar-refractivity contribution in [3.63, 3.8) is 0 Å². The van der Waals surface area contributed by atoms with Crippen molar-refractivity contribution in [3.8, 4) is 0 Å². The molecule has 0 heterocycles. The molecule has 3 heteroatoms. The Hall–Kier alpha value is -0.600. The van der Waals surface area contributed by atoms with Crippen LogP contribution in [0, 0.1) is 18.7 Å². The smallest absolute Gasteiger partial charge is 0.127 e. The zero-order valence-electron chi connectivity index (χ0n) is 11.6. The lowest BCUT2D eigenvalue weighted by molar-refractivity contribution is 0.327. The van der Waals surface area contributed by atoms with Gasteiger partial charge in [-0.05, 0) is 42.9 Å². The molecule has 0 aromatic heterocycles. The fourth-order valence-corrected chi connectivity index (χ4v) is 3.31. The summed E-state index contributed by atoms with van der Waals surface area (Å²) in [6.07, 6.45) is 8.77. The Kier molecular flexibility index (Phi) is 5.23. The molecule has 1 saturated carbocycles. The second-order valence-electron chi connectivity index (χ2n) is 5.75. The van der Waals surface area contributed by atoms with Gasteiger partial charge in [-0.25, -0.2) is 4.39 Å². The van der Waals surface area contributed by atoms with Crippen LogP contribution in [0.4, 0.5) is 4.39 Å². The Labute approximate surface area is 120 Å². The van der Waals surface area contributed by atoms with Crippen molar-refractivity contribution < 1.29 is 4.39 Å². The van der Waals surface area contributed by atoms with Gasteiger partial charge in [0.2, 0.25) is 0 Å². The summed E-state index contributed by atoms with van der Waals surface area (Å²) in [6, 6.07) is 3.15. The first kappa shape index (κ1) is 14.8. The van der Waals surface area contributed by atoms with E-state index in [2.05, 4.69) is 0 Å². The lowest BCUT2D eigenvalue weighted by Gasteiger charge is -2.27. The van der Waals surface area contributed by atoms with E-state index < -0.39 is 0 Å². The lowest BCUT2D eigenvalue weighted by atomic mass is 9.83. The maximum absolute atomic E-state index is 13.5. The Morgan fingerprint density at radius 3 is 2.37 bits per heavy atom. The molecule has 1 aromatic rings. The molecule has 1 aliphatic rings. The average molecular weight is 284 g/mol. The lowest BCUT2D eigenvalue weighted by Crippen LogP contribution is -2.23. The molecule has 1 unspecified atom stereocenters. The van der Waals surface area contributed by atoms with Crippen LogP contribution in [0.5, 0.6) is 0 Å². The summed E-state index contributed by atoms with van der Waals surface area (Å²) in [6.45, 7) is 1.76. The van der Waals surface area contributed by atoms with Crippen molar-refractivity contribution >= 4 is 11.6 Å². The zero-order valence-corrected chi connectivity index (χ0v) is 12.3. The molecule has 1 aliphatic carbocycles. The monoisotopic (exact) mass is 283 g/mol. The van der Waals surface area contributed by atoms with Gasteiger partial charge in [0.15, 0.2) is 0 Å². The van der Waals surface area contributed by atoms with E-state index in [-0.39, 0.29) is 11.9 Å². The van der Waals surface area contributed by atoms with Gasteiger partial charge in [-0.15, -0.1) is 0 Å². The third-order valence-electron chi connectivity index (χ3n) is 4.29. The molecule has 1 aromatic carbocycles. The molecule has 0 aliphatic heterocycles. The minimum Gasteiger partial charge on any atom is -0.324 e. The summed E-state index contributed by atoms with van der Waals surface area (Å²) < 4.78 is 13.5. The van der Waals surface area contributed by atoms with Gasteiger partial charge in [0.1, 0.15) is 5.82 Å². The van der Waals surface area contributed by atoms with Crippen molar-refractivity contribution in [2.45, 2.75) is 57.9 Å². The molecule has 19 heavy (non-hydrogen) atoms. The number of nitrogens with two attached hydrogens (primary N) is 1. The van der Waals surface area contributed by atoms with Crippen LogP contribution in [0.3, 0.4) is 0 Å². The molecule has 0 bridgehead atoms. The Morgan fingerprint density at radius 2 is 1.74 bits per heavy atom.